The molecule has 0 atom stereocenters. The van der Waals surface area contributed by atoms with E-state index in [1.807, 2.05) is 24.4 Å². The minimum absolute atomic E-state index is 0.0868. The van der Waals surface area contributed by atoms with Gasteiger partial charge in [-0.05, 0) is 47.4 Å². The number of carbonyl (C=O) groups excluding carboxylic acids is 1. The standard InChI is InChI=1S/C12H12O2S/c1-9-4-6-14-12(9)11(13)3-2-10-5-7-15-8-10/h4-8H,2-3H2,1H3. The lowest BCUT2D eigenvalue weighted by Gasteiger charge is -1.97. The molecule has 2 aromatic rings. The first kappa shape index (κ1) is 10.2. The maximum atomic E-state index is 11.7. The van der Waals surface area contributed by atoms with Crippen LogP contribution in [-0.2, 0) is 6.42 Å². The Morgan fingerprint density at radius 2 is 2.33 bits per heavy atom. The zero-order valence-corrected chi connectivity index (χ0v) is 9.34. The molecule has 0 aliphatic heterocycles. The Kier molecular flexibility index (Phi) is 3.02. The van der Waals surface area contributed by atoms with Crippen molar-refractivity contribution in [3.63, 3.8) is 0 Å². The molecule has 0 spiro atoms. The van der Waals surface area contributed by atoms with Crippen LogP contribution >= 0.6 is 11.3 Å². The fourth-order valence-electron chi connectivity index (χ4n) is 1.46. The Hall–Kier alpha value is -1.35. The predicted octanol–water partition coefficient (Wildman–Crippen LogP) is 3.47. The van der Waals surface area contributed by atoms with Crippen LogP contribution < -0.4 is 0 Å². The maximum absolute atomic E-state index is 11.7. The van der Waals surface area contributed by atoms with Crippen LogP contribution in [0.4, 0.5) is 0 Å². The van der Waals surface area contributed by atoms with E-state index in [4.69, 9.17) is 4.42 Å². The second kappa shape index (κ2) is 4.45. The quantitative estimate of drug-likeness (QED) is 0.738. The van der Waals surface area contributed by atoms with Crippen molar-refractivity contribution in [1.29, 1.82) is 0 Å². The Balaban J connectivity index is 1.96. The molecule has 15 heavy (non-hydrogen) atoms. The highest BCUT2D eigenvalue weighted by Crippen LogP contribution is 2.14. The van der Waals surface area contributed by atoms with Gasteiger partial charge in [0.2, 0.25) is 0 Å². The van der Waals surface area contributed by atoms with Gasteiger partial charge in [-0.2, -0.15) is 11.3 Å². The number of hydrogen-bond donors (Lipinski definition) is 0. The Labute approximate surface area is 92.5 Å². The molecule has 2 heterocycles. The molecule has 0 saturated heterocycles. The summed E-state index contributed by atoms with van der Waals surface area (Å²) in [5.74, 6) is 0.592. The van der Waals surface area contributed by atoms with Crippen molar-refractivity contribution in [2.75, 3.05) is 0 Å². The van der Waals surface area contributed by atoms with Crippen molar-refractivity contribution < 1.29 is 9.21 Å². The van der Waals surface area contributed by atoms with Crippen LogP contribution in [0.2, 0.25) is 0 Å². The zero-order valence-electron chi connectivity index (χ0n) is 8.53. The minimum atomic E-state index is 0.0868. The molecule has 2 rings (SSSR count). The molecular formula is C12H12O2S. The largest absolute Gasteiger partial charge is 0.461 e. The van der Waals surface area contributed by atoms with Crippen molar-refractivity contribution in [3.8, 4) is 0 Å². The average Bonchev–Trinajstić information content (AvgIpc) is 2.84. The number of carbonyl (C=O) groups is 1. The molecule has 0 aromatic carbocycles. The summed E-state index contributed by atoms with van der Waals surface area (Å²) in [4.78, 5) is 11.7. The summed E-state index contributed by atoms with van der Waals surface area (Å²) in [5, 5.41) is 4.10. The smallest absolute Gasteiger partial charge is 0.198 e. The molecular weight excluding hydrogens is 208 g/mol. The van der Waals surface area contributed by atoms with E-state index < -0.39 is 0 Å². The highest BCUT2D eigenvalue weighted by atomic mass is 32.1. The minimum Gasteiger partial charge on any atom is -0.461 e. The monoisotopic (exact) mass is 220 g/mol. The molecule has 2 nitrogen and oxygen atoms in total. The van der Waals surface area contributed by atoms with E-state index in [1.165, 1.54) is 5.56 Å². The van der Waals surface area contributed by atoms with Crippen LogP contribution in [0.25, 0.3) is 0 Å². The van der Waals surface area contributed by atoms with Crippen LogP contribution in [0.3, 0.4) is 0 Å². The highest BCUT2D eigenvalue weighted by Gasteiger charge is 2.12. The van der Waals surface area contributed by atoms with E-state index in [1.54, 1.807) is 17.6 Å². The second-order valence-corrected chi connectivity index (χ2v) is 4.27. The van der Waals surface area contributed by atoms with Gasteiger partial charge in [0.25, 0.3) is 0 Å². The van der Waals surface area contributed by atoms with Crippen LogP contribution in [0.1, 0.15) is 28.1 Å². The molecule has 0 aliphatic carbocycles. The molecule has 0 saturated carbocycles. The summed E-state index contributed by atoms with van der Waals surface area (Å²) in [6.07, 6.45) is 2.88. The van der Waals surface area contributed by atoms with Crippen molar-refractivity contribution in [2.45, 2.75) is 19.8 Å². The van der Waals surface area contributed by atoms with Crippen molar-refractivity contribution in [2.24, 2.45) is 0 Å². The van der Waals surface area contributed by atoms with E-state index >= 15 is 0 Å². The maximum Gasteiger partial charge on any atom is 0.198 e. The molecule has 0 bridgehead atoms. The van der Waals surface area contributed by atoms with Gasteiger partial charge in [-0.1, -0.05) is 0 Å². The number of furan rings is 1. The number of thiophene rings is 1. The average molecular weight is 220 g/mol. The Morgan fingerprint density at radius 1 is 1.47 bits per heavy atom. The van der Waals surface area contributed by atoms with Crippen LogP contribution in [0.5, 0.6) is 0 Å². The molecule has 3 heteroatoms. The fraction of sp³-hybridized carbons (Fsp3) is 0.250. The number of rotatable bonds is 4. The van der Waals surface area contributed by atoms with Crippen molar-refractivity contribution >= 4 is 17.1 Å². The van der Waals surface area contributed by atoms with E-state index in [0.717, 1.165) is 12.0 Å². The van der Waals surface area contributed by atoms with Crippen molar-refractivity contribution in [1.82, 2.24) is 0 Å². The molecule has 0 unspecified atom stereocenters. The normalized spacial score (nSPS) is 10.5. The van der Waals surface area contributed by atoms with Gasteiger partial charge in [0.1, 0.15) is 0 Å². The third kappa shape index (κ3) is 2.36. The molecule has 0 amide bonds. The highest BCUT2D eigenvalue weighted by molar-refractivity contribution is 7.07. The summed E-state index contributed by atoms with van der Waals surface area (Å²) in [6, 6.07) is 3.87. The van der Waals surface area contributed by atoms with Gasteiger partial charge in [0.05, 0.1) is 6.26 Å². The van der Waals surface area contributed by atoms with E-state index in [2.05, 4.69) is 5.38 Å². The second-order valence-electron chi connectivity index (χ2n) is 3.49. The zero-order chi connectivity index (χ0) is 10.7. The number of hydrogen-bond acceptors (Lipinski definition) is 3. The lowest BCUT2D eigenvalue weighted by Crippen LogP contribution is -2.00. The fourth-order valence-corrected chi connectivity index (χ4v) is 2.17. The van der Waals surface area contributed by atoms with Crippen molar-refractivity contribution in [3.05, 3.63) is 46.0 Å². The third-order valence-corrected chi connectivity index (χ3v) is 3.07. The molecule has 0 fully saturated rings. The predicted molar refractivity (Wildman–Crippen MR) is 60.4 cm³/mol. The summed E-state index contributed by atoms with van der Waals surface area (Å²) < 4.78 is 5.15. The first-order valence-corrected chi connectivity index (χ1v) is 5.80. The Morgan fingerprint density at radius 3 is 2.93 bits per heavy atom. The number of ketones is 1. The lowest BCUT2D eigenvalue weighted by molar-refractivity contribution is 0.0955. The molecule has 78 valence electrons. The summed E-state index contributed by atoms with van der Waals surface area (Å²) >= 11 is 1.66. The van der Waals surface area contributed by atoms with E-state index in [0.29, 0.717) is 12.2 Å². The molecule has 0 aliphatic rings. The van der Waals surface area contributed by atoms with E-state index in [9.17, 15) is 4.79 Å². The van der Waals surface area contributed by atoms with Crippen LogP contribution in [-0.4, -0.2) is 5.78 Å². The Bertz CT molecular complexity index is 440. The van der Waals surface area contributed by atoms with Gasteiger partial charge in [-0.25, -0.2) is 0 Å². The van der Waals surface area contributed by atoms with E-state index in [-0.39, 0.29) is 5.78 Å². The summed E-state index contributed by atoms with van der Waals surface area (Å²) in [7, 11) is 0. The molecule has 0 radical (unpaired) electrons. The van der Waals surface area contributed by atoms with Crippen LogP contribution in [0, 0.1) is 6.92 Å². The van der Waals surface area contributed by atoms with Gasteiger partial charge in [-0.15, -0.1) is 0 Å². The first-order chi connectivity index (χ1) is 7.27. The lowest BCUT2D eigenvalue weighted by atomic mass is 10.1. The topological polar surface area (TPSA) is 30.2 Å². The van der Waals surface area contributed by atoms with Gasteiger partial charge in [-0.3, -0.25) is 4.79 Å². The van der Waals surface area contributed by atoms with Gasteiger partial charge in [0.15, 0.2) is 11.5 Å². The molecule has 0 N–H and O–H groups in total. The van der Waals surface area contributed by atoms with Gasteiger partial charge < -0.3 is 4.42 Å². The number of Topliss-reactive ketones (excluding diaryl/α,β-unsaturated/α-hetero) is 1. The van der Waals surface area contributed by atoms with Gasteiger partial charge in [0, 0.05) is 6.42 Å². The first-order valence-electron chi connectivity index (χ1n) is 4.86. The van der Waals surface area contributed by atoms with Gasteiger partial charge >= 0.3 is 0 Å². The van der Waals surface area contributed by atoms with Crippen LogP contribution in [0.15, 0.2) is 33.6 Å². The third-order valence-electron chi connectivity index (χ3n) is 2.34. The molecule has 2 aromatic heterocycles. The summed E-state index contributed by atoms with van der Waals surface area (Å²) in [5.41, 5.74) is 2.14. The summed E-state index contributed by atoms with van der Waals surface area (Å²) in [6.45, 7) is 1.89. The number of aryl methyl sites for hydroxylation is 2. The SMILES string of the molecule is Cc1ccoc1C(=O)CCc1ccsc1.